The lowest BCUT2D eigenvalue weighted by Gasteiger charge is -2.16. The predicted octanol–water partition coefficient (Wildman–Crippen LogP) is 6.40. The minimum Gasteiger partial charge on any atom is -0.298 e. The van der Waals surface area contributed by atoms with Gasteiger partial charge in [0.2, 0.25) is 0 Å². The summed E-state index contributed by atoms with van der Waals surface area (Å²) in [5, 5.41) is 5.59. The van der Waals surface area contributed by atoms with Crippen LogP contribution in [0.5, 0.6) is 0 Å². The zero-order valence-corrected chi connectivity index (χ0v) is 21.7. The maximum atomic E-state index is 14.9. The number of carbonyl (C=O) groups is 1. The molecule has 4 aromatic rings. The van der Waals surface area contributed by atoms with Gasteiger partial charge in [-0.3, -0.25) is 19.5 Å². The number of halogens is 2. The van der Waals surface area contributed by atoms with Crippen molar-refractivity contribution >= 4 is 50.9 Å². The molecule has 0 bridgehead atoms. The molecule has 0 atom stereocenters. The van der Waals surface area contributed by atoms with Crippen LogP contribution in [0.4, 0.5) is 13.9 Å². The molecule has 0 unspecified atom stereocenters. The van der Waals surface area contributed by atoms with E-state index in [4.69, 9.17) is 0 Å². The van der Waals surface area contributed by atoms with Crippen LogP contribution in [0, 0.1) is 6.92 Å². The van der Waals surface area contributed by atoms with Crippen molar-refractivity contribution in [3.8, 4) is 11.3 Å². The van der Waals surface area contributed by atoms with E-state index >= 15 is 0 Å². The van der Waals surface area contributed by atoms with Crippen molar-refractivity contribution in [3.05, 3.63) is 93.8 Å². The van der Waals surface area contributed by atoms with E-state index in [0.717, 1.165) is 16.2 Å². The lowest BCUT2D eigenvalue weighted by atomic mass is 9.99. The predicted molar refractivity (Wildman–Crippen MR) is 145 cm³/mol. The number of anilines is 1. The highest BCUT2D eigenvalue weighted by atomic mass is 32.2. The quantitative estimate of drug-likeness (QED) is 0.167. The Bertz CT molecular complexity index is 1640. The molecule has 7 nitrogen and oxygen atoms in total. The Kier molecular flexibility index (Phi) is 7.74. The van der Waals surface area contributed by atoms with E-state index < -0.39 is 22.9 Å². The van der Waals surface area contributed by atoms with Crippen molar-refractivity contribution in [2.45, 2.75) is 19.0 Å². The topological polar surface area (TPSA) is 89.8 Å². The third kappa shape index (κ3) is 5.27. The van der Waals surface area contributed by atoms with Crippen LogP contribution in [-0.4, -0.2) is 31.7 Å². The lowest BCUT2D eigenvalue weighted by molar-refractivity contribution is 0.102. The summed E-state index contributed by atoms with van der Waals surface area (Å²) in [6.07, 6.45) is 5.75. The third-order valence-corrected chi connectivity index (χ3v) is 6.58. The van der Waals surface area contributed by atoms with Gasteiger partial charge in [-0.25, -0.2) is 23.7 Å². The van der Waals surface area contributed by atoms with Gasteiger partial charge in [0.05, 0.1) is 5.69 Å². The highest BCUT2D eigenvalue weighted by molar-refractivity contribution is 7.98. The number of carbonyl (C=O) groups excluding carboxylic acids is 1. The number of amides is 1. The van der Waals surface area contributed by atoms with Crippen molar-refractivity contribution in [1.82, 2.24) is 19.5 Å². The van der Waals surface area contributed by atoms with Gasteiger partial charge in [0.25, 0.3) is 11.5 Å². The molecule has 0 saturated carbocycles. The van der Waals surface area contributed by atoms with E-state index in [1.807, 2.05) is 6.92 Å². The van der Waals surface area contributed by atoms with E-state index in [2.05, 4.69) is 26.8 Å². The number of aryl methyl sites for hydroxylation is 1. The average Bonchev–Trinajstić information content (AvgIpc) is 3.38. The first-order chi connectivity index (χ1) is 17.7. The van der Waals surface area contributed by atoms with Gasteiger partial charge < -0.3 is 0 Å². The van der Waals surface area contributed by atoms with Crippen LogP contribution >= 0.6 is 23.1 Å². The molecular weight excluding hydrogens is 516 g/mol. The van der Waals surface area contributed by atoms with Gasteiger partial charge in [-0.1, -0.05) is 30.5 Å². The molecule has 3 aromatic heterocycles. The first-order valence-corrected chi connectivity index (χ1v) is 13.0. The molecule has 0 aliphatic heterocycles. The number of nitrogens with one attached hydrogen (secondary N) is 1. The van der Waals surface area contributed by atoms with Gasteiger partial charge in [0.1, 0.15) is 17.4 Å². The van der Waals surface area contributed by atoms with Crippen molar-refractivity contribution in [1.29, 1.82) is 0 Å². The first-order valence-electron chi connectivity index (χ1n) is 10.9. The monoisotopic (exact) mass is 537 g/mol. The van der Waals surface area contributed by atoms with Gasteiger partial charge in [-0.15, -0.1) is 11.3 Å². The zero-order chi connectivity index (χ0) is 26.7. The Morgan fingerprint density at radius 3 is 2.65 bits per heavy atom. The zero-order valence-electron chi connectivity index (χ0n) is 20.1. The second-order valence-electron chi connectivity index (χ2n) is 7.73. The molecule has 11 heteroatoms. The molecule has 3 heterocycles. The summed E-state index contributed by atoms with van der Waals surface area (Å²) in [6.45, 7) is 6.64. The molecule has 1 aromatic carbocycles. The van der Waals surface area contributed by atoms with E-state index in [0.29, 0.717) is 27.3 Å². The Morgan fingerprint density at radius 1 is 1.22 bits per heavy atom. The van der Waals surface area contributed by atoms with E-state index in [9.17, 15) is 18.4 Å². The summed E-state index contributed by atoms with van der Waals surface area (Å²) >= 11 is 2.49. The number of aromatic nitrogens is 4. The highest BCUT2D eigenvalue weighted by Crippen LogP contribution is 2.33. The Morgan fingerprint density at radius 2 is 2.00 bits per heavy atom. The first kappa shape index (κ1) is 26.1. The molecule has 0 saturated heterocycles. The fraction of sp³-hybridized carbons (Fsp3) is 0.115. The van der Waals surface area contributed by atoms with E-state index in [-0.39, 0.29) is 16.7 Å². The highest BCUT2D eigenvalue weighted by Gasteiger charge is 2.21. The van der Waals surface area contributed by atoms with Gasteiger partial charge in [-0.2, -0.15) is 0 Å². The molecule has 188 valence electrons. The molecule has 1 amide bonds. The molecule has 0 aliphatic carbocycles. The maximum absolute atomic E-state index is 14.9. The van der Waals surface area contributed by atoms with Crippen LogP contribution in [0.1, 0.15) is 22.8 Å². The fourth-order valence-electron chi connectivity index (χ4n) is 3.66. The van der Waals surface area contributed by atoms with Crippen molar-refractivity contribution in [2.75, 3.05) is 11.6 Å². The maximum Gasteiger partial charge on any atom is 0.257 e. The molecule has 0 radical (unpaired) electrons. The van der Waals surface area contributed by atoms with Crippen LogP contribution in [0.25, 0.3) is 28.0 Å². The van der Waals surface area contributed by atoms with Crippen LogP contribution < -0.4 is 10.9 Å². The van der Waals surface area contributed by atoms with Crippen LogP contribution in [0.2, 0.25) is 0 Å². The molecule has 0 aliphatic rings. The SMILES string of the molecule is C=C(F)/C(=C(F)\C=C/C)n1c(=O)ccc2c(-c3cc(C(=O)Nc4nccs4)ccc3C)nc(SC)nc21. The summed E-state index contributed by atoms with van der Waals surface area (Å²) in [4.78, 5) is 38.9. The Balaban J connectivity index is 1.99. The van der Waals surface area contributed by atoms with Gasteiger partial charge in [-0.05, 0) is 49.9 Å². The van der Waals surface area contributed by atoms with Gasteiger partial charge in [0, 0.05) is 34.2 Å². The van der Waals surface area contributed by atoms with E-state index in [1.54, 1.807) is 43.0 Å². The number of thioether (sulfide) groups is 1. The number of thiazole rings is 1. The number of nitrogens with zero attached hydrogens (tertiary/aromatic N) is 4. The standard InChI is InChI=1S/C26H21F2N5O2S2/c1-5-6-19(28)22(15(3)27)33-20(34)10-9-17-21(30-26(36-4)31-23(17)33)18-13-16(8-7-14(18)2)24(35)32-25-29-11-12-37-25/h5-13H,3H2,1-2,4H3,(H,29,32,35)/b6-5-,22-19-. The summed E-state index contributed by atoms with van der Waals surface area (Å²) in [5.41, 5.74) is 0.828. The number of fused-ring (bicyclic) bond motifs is 1. The third-order valence-electron chi connectivity index (χ3n) is 5.34. The number of hydrogen-bond acceptors (Lipinski definition) is 7. The normalized spacial score (nSPS) is 12.1. The van der Waals surface area contributed by atoms with Crippen molar-refractivity contribution in [3.63, 3.8) is 0 Å². The number of hydrogen-bond donors (Lipinski definition) is 1. The molecule has 4 rings (SSSR count). The fourth-order valence-corrected chi connectivity index (χ4v) is 4.55. The summed E-state index contributed by atoms with van der Waals surface area (Å²) in [6, 6.07) is 7.81. The number of benzene rings is 1. The van der Waals surface area contributed by atoms with Crippen LogP contribution in [0.3, 0.4) is 0 Å². The second-order valence-corrected chi connectivity index (χ2v) is 9.39. The van der Waals surface area contributed by atoms with Crippen molar-refractivity contribution in [2.24, 2.45) is 0 Å². The van der Waals surface area contributed by atoms with Gasteiger partial charge in [0.15, 0.2) is 15.9 Å². The minimum atomic E-state index is -1.13. The van der Waals surface area contributed by atoms with Crippen LogP contribution in [-0.2, 0) is 0 Å². The molecule has 0 fully saturated rings. The molecular formula is C26H21F2N5O2S2. The molecule has 1 N–H and O–H groups in total. The molecule has 37 heavy (non-hydrogen) atoms. The summed E-state index contributed by atoms with van der Waals surface area (Å²) < 4.78 is 30.3. The minimum absolute atomic E-state index is 0.00680. The van der Waals surface area contributed by atoms with Gasteiger partial charge >= 0.3 is 0 Å². The lowest BCUT2D eigenvalue weighted by Crippen LogP contribution is -2.21. The van der Waals surface area contributed by atoms with E-state index in [1.165, 1.54) is 41.3 Å². The smallest absolute Gasteiger partial charge is 0.257 e. The second kappa shape index (κ2) is 11.0. The summed E-state index contributed by atoms with van der Waals surface area (Å²) in [5.74, 6) is -2.47. The largest absolute Gasteiger partial charge is 0.298 e. The number of rotatable bonds is 7. The number of allylic oxidation sites excluding steroid dienone is 5. The average molecular weight is 538 g/mol. The Hall–Kier alpha value is -3.96. The number of pyridine rings is 1. The molecule has 0 spiro atoms. The van der Waals surface area contributed by atoms with Crippen LogP contribution in [0.15, 0.2) is 82.2 Å². The summed E-state index contributed by atoms with van der Waals surface area (Å²) in [7, 11) is 0. The Labute approximate surface area is 219 Å². The van der Waals surface area contributed by atoms with Crippen molar-refractivity contribution < 1.29 is 13.6 Å².